The Labute approximate surface area is 77.1 Å². The monoisotopic (exact) mass is 182 g/mol. The van der Waals surface area contributed by atoms with Crippen LogP contribution < -0.4 is 0 Å². The lowest BCUT2D eigenvalue weighted by Gasteiger charge is -2.33. The maximum Gasteiger partial charge on any atom is 0.310 e. The average Bonchev–Trinajstić information content (AvgIpc) is 2.62. The summed E-state index contributed by atoms with van der Waals surface area (Å²) in [5.74, 6) is -0.480. The van der Waals surface area contributed by atoms with Gasteiger partial charge in [-0.1, -0.05) is 12.2 Å². The molecule has 2 bridgehead atoms. The zero-order chi connectivity index (χ0) is 9.64. The second-order valence-corrected chi connectivity index (χ2v) is 4.27. The number of carboxylic acid groups (broad SMARTS) is 1. The minimum atomic E-state index is -0.775. The Balaban J connectivity index is 2.37. The molecule has 3 heteroatoms. The van der Waals surface area contributed by atoms with Gasteiger partial charge in [-0.05, 0) is 25.2 Å². The summed E-state index contributed by atoms with van der Waals surface area (Å²) >= 11 is 0. The van der Waals surface area contributed by atoms with Gasteiger partial charge in [-0.25, -0.2) is 0 Å². The fourth-order valence-corrected chi connectivity index (χ4v) is 2.83. The molecule has 2 rings (SSSR count). The molecule has 2 N–H and O–H groups in total. The van der Waals surface area contributed by atoms with Gasteiger partial charge in [0.2, 0.25) is 0 Å². The fourth-order valence-electron chi connectivity index (χ4n) is 2.83. The van der Waals surface area contributed by atoms with E-state index in [0.717, 1.165) is 6.42 Å². The van der Waals surface area contributed by atoms with E-state index in [0.29, 0.717) is 0 Å². The van der Waals surface area contributed by atoms with Crippen molar-refractivity contribution in [2.24, 2.45) is 23.2 Å². The number of allylic oxidation sites excluding steroid dienone is 2. The molecule has 2 aliphatic rings. The van der Waals surface area contributed by atoms with Crippen LogP contribution in [0.2, 0.25) is 0 Å². The maximum absolute atomic E-state index is 11.1. The molecule has 4 atom stereocenters. The lowest BCUT2D eigenvalue weighted by Crippen LogP contribution is -2.40. The van der Waals surface area contributed by atoms with Crippen LogP contribution in [-0.2, 0) is 4.79 Å². The molecule has 13 heavy (non-hydrogen) atoms. The highest BCUT2D eigenvalue weighted by atomic mass is 16.4. The standard InChI is InChI=1S/C10H14O3/c1-10(9(12)13)7-3-2-6(4-7)8(10)5-11/h2-3,6-8,11H,4-5H2,1H3,(H,12,13). The van der Waals surface area contributed by atoms with E-state index in [1.165, 1.54) is 0 Å². The molecule has 0 aromatic heterocycles. The van der Waals surface area contributed by atoms with Crippen LogP contribution >= 0.6 is 0 Å². The van der Waals surface area contributed by atoms with E-state index in [4.69, 9.17) is 5.11 Å². The third kappa shape index (κ3) is 0.908. The molecule has 0 aromatic rings. The zero-order valence-corrected chi connectivity index (χ0v) is 7.60. The van der Waals surface area contributed by atoms with Crippen molar-refractivity contribution in [3.63, 3.8) is 0 Å². The van der Waals surface area contributed by atoms with Gasteiger partial charge in [0.05, 0.1) is 5.41 Å². The van der Waals surface area contributed by atoms with Gasteiger partial charge in [0.1, 0.15) is 0 Å². The number of carbonyl (C=O) groups is 1. The van der Waals surface area contributed by atoms with Gasteiger partial charge in [0, 0.05) is 12.5 Å². The smallest absolute Gasteiger partial charge is 0.310 e. The van der Waals surface area contributed by atoms with Crippen molar-refractivity contribution in [2.45, 2.75) is 13.3 Å². The number of hydrogen-bond acceptors (Lipinski definition) is 2. The maximum atomic E-state index is 11.1. The molecule has 1 fully saturated rings. The normalized spacial score (nSPS) is 47.1. The highest BCUT2D eigenvalue weighted by Crippen LogP contribution is 2.55. The molecular formula is C10H14O3. The molecule has 0 heterocycles. The van der Waals surface area contributed by atoms with Crippen LogP contribution in [-0.4, -0.2) is 22.8 Å². The van der Waals surface area contributed by atoms with Crippen LogP contribution in [0, 0.1) is 23.2 Å². The highest BCUT2D eigenvalue weighted by Gasteiger charge is 2.57. The van der Waals surface area contributed by atoms with Crippen LogP contribution in [0.15, 0.2) is 12.2 Å². The molecule has 0 amide bonds. The highest BCUT2D eigenvalue weighted by molar-refractivity contribution is 5.76. The Bertz CT molecular complexity index is 271. The molecule has 0 spiro atoms. The van der Waals surface area contributed by atoms with Crippen molar-refractivity contribution in [1.29, 1.82) is 0 Å². The summed E-state index contributed by atoms with van der Waals surface area (Å²) < 4.78 is 0. The lowest BCUT2D eigenvalue weighted by atomic mass is 9.70. The predicted molar refractivity (Wildman–Crippen MR) is 47.1 cm³/mol. The zero-order valence-electron chi connectivity index (χ0n) is 7.60. The van der Waals surface area contributed by atoms with E-state index in [-0.39, 0.29) is 24.4 Å². The molecule has 0 aliphatic heterocycles. The number of carboxylic acids is 1. The largest absolute Gasteiger partial charge is 0.481 e. The van der Waals surface area contributed by atoms with Crippen molar-refractivity contribution < 1.29 is 15.0 Å². The van der Waals surface area contributed by atoms with Gasteiger partial charge in [-0.3, -0.25) is 4.79 Å². The van der Waals surface area contributed by atoms with Crippen LogP contribution in [0.1, 0.15) is 13.3 Å². The summed E-state index contributed by atoms with van der Waals surface area (Å²) in [6.45, 7) is 1.73. The summed E-state index contributed by atoms with van der Waals surface area (Å²) in [6.07, 6.45) is 4.94. The van der Waals surface area contributed by atoms with Crippen molar-refractivity contribution >= 4 is 5.97 Å². The van der Waals surface area contributed by atoms with Crippen LogP contribution in [0.3, 0.4) is 0 Å². The van der Waals surface area contributed by atoms with E-state index < -0.39 is 11.4 Å². The summed E-state index contributed by atoms with van der Waals surface area (Å²) in [5.41, 5.74) is -0.742. The first kappa shape index (κ1) is 8.75. The number of aliphatic hydroxyl groups excluding tert-OH is 1. The average molecular weight is 182 g/mol. The molecule has 1 saturated carbocycles. The van der Waals surface area contributed by atoms with Crippen molar-refractivity contribution in [1.82, 2.24) is 0 Å². The minimum Gasteiger partial charge on any atom is -0.481 e. The Kier molecular flexibility index (Phi) is 1.74. The summed E-state index contributed by atoms with van der Waals surface area (Å²) in [4.78, 5) is 11.1. The van der Waals surface area contributed by atoms with E-state index in [1.54, 1.807) is 6.92 Å². The van der Waals surface area contributed by atoms with Gasteiger partial charge >= 0.3 is 5.97 Å². The van der Waals surface area contributed by atoms with Crippen LogP contribution in [0.5, 0.6) is 0 Å². The van der Waals surface area contributed by atoms with Crippen molar-refractivity contribution in [3.8, 4) is 0 Å². The third-order valence-electron chi connectivity index (χ3n) is 3.83. The molecule has 0 radical (unpaired) electrons. The van der Waals surface area contributed by atoms with Crippen LogP contribution in [0.25, 0.3) is 0 Å². The third-order valence-corrected chi connectivity index (χ3v) is 3.83. The molecule has 2 aliphatic carbocycles. The second-order valence-electron chi connectivity index (χ2n) is 4.27. The van der Waals surface area contributed by atoms with E-state index in [1.807, 2.05) is 6.08 Å². The Hall–Kier alpha value is -0.830. The Morgan fingerprint density at radius 2 is 2.31 bits per heavy atom. The number of aliphatic hydroxyl groups is 1. The second kappa shape index (κ2) is 2.58. The first-order chi connectivity index (χ1) is 6.10. The topological polar surface area (TPSA) is 57.5 Å². The summed E-state index contributed by atoms with van der Waals surface area (Å²) in [6, 6.07) is 0. The molecule has 0 saturated heterocycles. The predicted octanol–water partition coefficient (Wildman–Crippen LogP) is 0.892. The van der Waals surface area contributed by atoms with Gasteiger partial charge in [0.25, 0.3) is 0 Å². The van der Waals surface area contributed by atoms with Crippen molar-refractivity contribution in [3.05, 3.63) is 12.2 Å². The molecular weight excluding hydrogens is 168 g/mol. The van der Waals surface area contributed by atoms with Crippen LogP contribution in [0.4, 0.5) is 0 Å². The quantitative estimate of drug-likeness (QED) is 0.623. The number of aliphatic carboxylic acids is 1. The first-order valence-corrected chi connectivity index (χ1v) is 4.63. The lowest BCUT2D eigenvalue weighted by molar-refractivity contribution is -0.153. The van der Waals surface area contributed by atoms with E-state index in [2.05, 4.69) is 6.08 Å². The molecule has 72 valence electrons. The van der Waals surface area contributed by atoms with Crippen molar-refractivity contribution in [2.75, 3.05) is 6.61 Å². The van der Waals surface area contributed by atoms with Gasteiger partial charge < -0.3 is 10.2 Å². The fraction of sp³-hybridized carbons (Fsp3) is 0.700. The molecule has 3 nitrogen and oxygen atoms in total. The summed E-state index contributed by atoms with van der Waals surface area (Å²) in [7, 11) is 0. The van der Waals surface area contributed by atoms with E-state index in [9.17, 15) is 9.90 Å². The van der Waals surface area contributed by atoms with Gasteiger partial charge in [-0.15, -0.1) is 0 Å². The SMILES string of the molecule is CC1(C(=O)O)C2C=CC(C2)C1CO. The summed E-state index contributed by atoms with van der Waals surface area (Å²) in [5, 5.41) is 18.3. The van der Waals surface area contributed by atoms with Gasteiger partial charge in [0.15, 0.2) is 0 Å². The number of fused-ring (bicyclic) bond motifs is 2. The van der Waals surface area contributed by atoms with E-state index >= 15 is 0 Å². The Morgan fingerprint density at radius 3 is 2.77 bits per heavy atom. The number of hydrogen-bond donors (Lipinski definition) is 2. The van der Waals surface area contributed by atoms with Gasteiger partial charge in [-0.2, -0.15) is 0 Å². The minimum absolute atomic E-state index is 0.0195. The molecule has 4 unspecified atom stereocenters. The first-order valence-electron chi connectivity index (χ1n) is 4.63. The molecule has 0 aromatic carbocycles. The Morgan fingerprint density at radius 1 is 1.62 bits per heavy atom. The number of rotatable bonds is 2.